The molecule has 0 aliphatic heterocycles. The van der Waals surface area contributed by atoms with E-state index in [1.807, 2.05) is 0 Å². The Morgan fingerprint density at radius 2 is 1.88 bits per heavy atom. The Morgan fingerprint density at radius 3 is 2.46 bits per heavy atom. The predicted octanol–water partition coefficient (Wildman–Crippen LogP) is 2.56. The van der Waals surface area contributed by atoms with Gasteiger partial charge in [0.1, 0.15) is 11.6 Å². The molecule has 2 atom stereocenters. The molecule has 0 saturated heterocycles. The Bertz CT molecular complexity index is 633. The fourth-order valence-electron chi connectivity index (χ4n) is 3.63. The van der Waals surface area contributed by atoms with Gasteiger partial charge in [-0.2, -0.15) is 0 Å². The minimum Gasteiger partial charge on any atom is -0.352 e. The summed E-state index contributed by atoms with van der Waals surface area (Å²) in [5, 5.41) is 5.49. The van der Waals surface area contributed by atoms with Gasteiger partial charge in [-0.1, -0.05) is 25.3 Å². The minimum absolute atomic E-state index is 0.0821. The molecule has 1 saturated carbocycles. The number of nitrogens with two attached hydrogens (primary N) is 1. The second kappa shape index (κ2) is 9.62. The van der Waals surface area contributed by atoms with Crippen LogP contribution in [-0.4, -0.2) is 24.4 Å². The second-order valence-electron chi connectivity index (χ2n) is 6.93. The summed E-state index contributed by atoms with van der Waals surface area (Å²) in [6.07, 6.45) is 5.40. The molecule has 2 unspecified atom stereocenters. The highest BCUT2D eigenvalue weighted by atomic mass is 19.1. The van der Waals surface area contributed by atoms with Gasteiger partial charge in [-0.3, -0.25) is 9.59 Å². The predicted molar refractivity (Wildman–Crippen MR) is 95.1 cm³/mol. The summed E-state index contributed by atoms with van der Waals surface area (Å²) in [7, 11) is 0. The van der Waals surface area contributed by atoms with Crippen LogP contribution >= 0.6 is 0 Å². The lowest BCUT2D eigenvalue weighted by Gasteiger charge is -2.30. The zero-order valence-corrected chi connectivity index (χ0v) is 15.1. The first kappa shape index (κ1) is 20.3. The van der Waals surface area contributed by atoms with E-state index in [1.165, 1.54) is 19.4 Å². The molecule has 1 aromatic rings. The minimum atomic E-state index is -0.863. The lowest BCUT2D eigenvalue weighted by atomic mass is 9.84. The van der Waals surface area contributed by atoms with E-state index in [0.717, 1.165) is 37.8 Å². The maximum absolute atomic E-state index is 14.1. The molecular formula is C19H27F2N3O2. The number of hydrogen-bond acceptors (Lipinski definition) is 3. The van der Waals surface area contributed by atoms with Gasteiger partial charge in [0.05, 0.1) is 12.5 Å². The van der Waals surface area contributed by atoms with Gasteiger partial charge in [-0.05, 0) is 24.8 Å². The van der Waals surface area contributed by atoms with Crippen LogP contribution in [0.4, 0.5) is 8.78 Å². The van der Waals surface area contributed by atoms with E-state index in [-0.39, 0.29) is 23.9 Å². The Kier molecular flexibility index (Phi) is 7.50. The van der Waals surface area contributed by atoms with Crippen molar-refractivity contribution in [1.29, 1.82) is 0 Å². The maximum atomic E-state index is 14.1. The fraction of sp³-hybridized carbons (Fsp3) is 0.579. The van der Waals surface area contributed by atoms with Crippen molar-refractivity contribution in [3.63, 3.8) is 0 Å². The number of rotatable bonds is 7. The van der Waals surface area contributed by atoms with E-state index in [0.29, 0.717) is 12.5 Å². The van der Waals surface area contributed by atoms with Gasteiger partial charge in [0, 0.05) is 31.1 Å². The van der Waals surface area contributed by atoms with Gasteiger partial charge in [0.25, 0.3) is 0 Å². The summed E-state index contributed by atoms with van der Waals surface area (Å²) >= 11 is 0. The topological polar surface area (TPSA) is 84.2 Å². The molecule has 5 nitrogen and oxygen atoms in total. The van der Waals surface area contributed by atoms with E-state index in [4.69, 9.17) is 5.73 Å². The summed E-state index contributed by atoms with van der Waals surface area (Å²) < 4.78 is 27.2. The highest BCUT2D eigenvalue weighted by Gasteiger charge is 2.26. The molecule has 0 radical (unpaired) electrons. The largest absolute Gasteiger partial charge is 0.352 e. The second-order valence-corrected chi connectivity index (χ2v) is 6.93. The van der Waals surface area contributed by atoms with Gasteiger partial charge in [0.2, 0.25) is 11.8 Å². The van der Waals surface area contributed by atoms with Crippen molar-refractivity contribution < 1.29 is 18.4 Å². The van der Waals surface area contributed by atoms with Crippen LogP contribution in [0.5, 0.6) is 0 Å². The lowest BCUT2D eigenvalue weighted by Crippen LogP contribution is -2.46. The van der Waals surface area contributed by atoms with Crippen LogP contribution < -0.4 is 16.4 Å². The number of carbonyl (C=O) groups excluding carboxylic acids is 2. The Hall–Kier alpha value is -2.02. The van der Waals surface area contributed by atoms with Crippen LogP contribution in [0.25, 0.3) is 0 Å². The molecule has 26 heavy (non-hydrogen) atoms. The van der Waals surface area contributed by atoms with Crippen LogP contribution in [0.2, 0.25) is 0 Å². The maximum Gasteiger partial charge on any atom is 0.222 e. The smallest absolute Gasteiger partial charge is 0.222 e. The molecule has 144 valence electrons. The molecule has 2 amide bonds. The van der Waals surface area contributed by atoms with Crippen molar-refractivity contribution in [2.45, 2.75) is 57.5 Å². The molecule has 0 aromatic heterocycles. The zero-order chi connectivity index (χ0) is 19.1. The number of amides is 2. The van der Waals surface area contributed by atoms with E-state index >= 15 is 0 Å². The molecule has 0 heterocycles. The van der Waals surface area contributed by atoms with Gasteiger partial charge >= 0.3 is 0 Å². The molecule has 4 N–H and O–H groups in total. The zero-order valence-electron chi connectivity index (χ0n) is 15.1. The van der Waals surface area contributed by atoms with Gasteiger partial charge in [-0.15, -0.1) is 0 Å². The van der Waals surface area contributed by atoms with Crippen LogP contribution in [0.15, 0.2) is 18.2 Å². The highest BCUT2D eigenvalue weighted by molar-refractivity contribution is 5.79. The first-order chi connectivity index (χ1) is 12.4. The average molecular weight is 367 g/mol. The first-order valence-corrected chi connectivity index (χ1v) is 9.12. The number of halogens is 2. The van der Waals surface area contributed by atoms with Gasteiger partial charge in [-0.25, -0.2) is 8.78 Å². The van der Waals surface area contributed by atoms with Gasteiger partial charge < -0.3 is 16.4 Å². The molecule has 0 spiro atoms. The van der Waals surface area contributed by atoms with E-state index in [2.05, 4.69) is 10.6 Å². The molecule has 2 rings (SSSR count). The Labute approximate surface area is 152 Å². The van der Waals surface area contributed by atoms with Crippen molar-refractivity contribution in [1.82, 2.24) is 10.6 Å². The summed E-state index contributed by atoms with van der Waals surface area (Å²) in [6.45, 7) is 1.63. The van der Waals surface area contributed by atoms with Crippen molar-refractivity contribution >= 4 is 11.8 Å². The number of benzene rings is 1. The van der Waals surface area contributed by atoms with Crippen molar-refractivity contribution in [2.24, 2.45) is 11.7 Å². The van der Waals surface area contributed by atoms with Crippen LogP contribution in [0.1, 0.15) is 57.1 Å². The molecule has 1 aliphatic carbocycles. The molecule has 0 bridgehead atoms. The van der Waals surface area contributed by atoms with Crippen molar-refractivity contribution in [2.75, 3.05) is 6.54 Å². The summed E-state index contributed by atoms with van der Waals surface area (Å²) in [4.78, 5) is 23.9. The number of nitrogens with one attached hydrogen (secondary N) is 2. The third-order valence-electron chi connectivity index (χ3n) is 4.92. The normalized spacial score (nSPS) is 17.4. The van der Waals surface area contributed by atoms with E-state index in [1.54, 1.807) is 0 Å². The average Bonchev–Trinajstić information content (AvgIpc) is 2.59. The Morgan fingerprint density at radius 1 is 1.19 bits per heavy atom. The van der Waals surface area contributed by atoms with Crippen LogP contribution in [0, 0.1) is 17.6 Å². The third kappa shape index (κ3) is 5.76. The quantitative estimate of drug-likeness (QED) is 0.692. The molecule has 1 aromatic carbocycles. The third-order valence-corrected chi connectivity index (χ3v) is 4.92. The summed E-state index contributed by atoms with van der Waals surface area (Å²) in [5.74, 6) is -1.86. The van der Waals surface area contributed by atoms with E-state index < -0.39 is 23.6 Å². The Balaban J connectivity index is 2.06. The van der Waals surface area contributed by atoms with E-state index in [9.17, 15) is 18.4 Å². The number of hydrogen-bond donors (Lipinski definition) is 3. The van der Waals surface area contributed by atoms with Crippen LogP contribution in [-0.2, 0) is 9.59 Å². The SMILES string of the molecule is CC(=O)NC(CC(=O)NC(CN)C1CCCCC1)c1ccc(F)cc1F. The van der Waals surface area contributed by atoms with Gasteiger partial charge in [0.15, 0.2) is 0 Å². The fourth-order valence-corrected chi connectivity index (χ4v) is 3.63. The van der Waals surface area contributed by atoms with Crippen molar-refractivity contribution in [3.8, 4) is 0 Å². The molecule has 1 aliphatic rings. The highest BCUT2D eigenvalue weighted by Crippen LogP contribution is 2.27. The molecular weight excluding hydrogens is 340 g/mol. The monoisotopic (exact) mass is 367 g/mol. The lowest BCUT2D eigenvalue weighted by molar-refractivity contribution is -0.123. The number of carbonyl (C=O) groups is 2. The molecule has 1 fully saturated rings. The summed E-state index contributed by atoms with van der Waals surface area (Å²) in [6, 6.07) is 2.11. The molecule has 7 heteroatoms. The standard InChI is InChI=1S/C19H27F2N3O2/c1-12(25)23-17(15-8-7-14(20)9-16(15)21)10-19(26)24-18(11-22)13-5-3-2-4-6-13/h7-9,13,17-18H,2-6,10-11,22H2,1H3,(H,23,25)(H,24,26). The van der Waals surface area contributed by atoms with Crippen molar-refractivity contribution in [3.05, 3.63) is 35.4 Å². The first-order valence-electron chi connectivity index (χ1n) is 9.12. The van der Waals surface area contributed by atoms with Crippen LogP contribution in [0.3, 0.4) is 0 Å². The summed E-state index contributed by atoms with van der Waals surface area (Å²) in [5.41, 5.74) is 5.91.